The van der Waals surface area contributed by atoms with Gasteiger partial charge in [-0.2, -0.15) is 0 Å². The van der Waals surface area contributed by atoms with Gasteiger partial charge in [-0.25, -0.2) is 9.97 Å². The lowest BCUT2D eigenvalue weighted by atomic mass is 9.89. The second-order valence-corrected chi connectivity index (χ2v) is 6.27. The van der Waals surface area contributed by atoms with E-state index in [2.05, 4.69) is 29.1 Å². The van der Waals surface area contributed by atoms with Gasteiger partial charge in [-0.15, -0.1) is 0 Å². The highest BCUT2D eigenvalue weighted by molar-refractivity contribution is 6.29. The van der Waals surface area contributed by atoms with Crippen molar-refractivity contribution in [3.63, 3.8) is 0 Å². The van der Waals surface area contributed by atoms with E-state index in [0.717, 1.165) is 24.6 Å². The second-order valence-electron chi connectivity index (χ2n) is 5.88. The van der Waals surface area contributed by atoms with Gasteiger partial charge in [-0.3, -0.25) is 0 Å². The van der Waals surface area contributed by atoms with E-state index in [4.69, 9.17) is 11.6 Å². The van der Waals surface area contributed by atoms with Crippen LogP contribution in [0.2, 0.25) is 5.15 Å². The van der Waals surface area contributed by atoms with Crippen LogP contribution >= 0.6 is 11.6 Å². The summed E-state index contributed by atoms with van der Waals surface area (Å²) in [5.41, 5.74) is 0. The number of hydrogen-bond donors (Lipinski definition) is 1. The molecule has 1 aromatic rings. The van der Waals surface area contributed by atoms with E-state index in [1.165, 1.54) is 32.1 Å². The molecule has 1 aliphatic carbocycles. The Kier molecular flexibility index (Phi) is 5.44. The third-order valence-corrected chi connectivity index (χ3v) is 3.90. The predicted octanol–water partition coefficient (Wildman–Crippen LogP) is 4.64. The molecule has 19 heavy (non-hydrogen) atoms. The SMILES string of the molecule is CC(C)CCNc1cc(Cl)nc(C2CCCCC2)n1. The molecule has 106 valence electrons. The lowest BCUT2D eigenvalue weighted by Crippen LogP contribution is -2.12. The molecule has 0 spiro atoms. The number of hydrogen-bond acceptors (Lipinski definition) is 3. The summed E-state index contributed by atoms with van der Waals surface area (Å²) in [5.74, 6) is 3.00. The zero-order valence-corrected chi connectivity index (χ0v) is 12.7. The number of nitrogens with one attached hydrogen (secondary N) is 1. The van der Waals surface area contributed by atoms with Crippen molar-refractivity contribution in [2.75, 3.05) is 11.9 Å². The Balaban J connectivity index is 2.01. The molecule has 1 N–H and O–H groups in total. The number of aromatic nitrogens is 2. The fraction of sp³-hybridized carbons (Fsp3) is 0.733. The van der Waals surface area contributed by atoms with Crippen molar-refractivity contribution in [3.8, 4) is 0 Å². The molecular formula is C15H24ClN3. The summed E-state index contributed by atoms with van der Waals surface area (Å²) < 4.78 is 0. The highest BCUT2D eigenvalue weighted by atomic mass is 35.5. The molecule has 0 unspecified atom stereocenters. The Bertz CT molecular complexity index is 400. The lowest BCUT2D eigenvalue weighted by Gasteiger charge is -2.20. The van der Waals surface area contributed by atoms with Crippen LogP contribution in [0.5, 0.6) is 0 Å². The molecule has 2 rings (SSSR count). The fourth-order valence-electron chi connectivity index (χ4n) is 2.56. The minimum atomic E-state index is 0.498. The Morgan fingerprint density at radius 3 is 2.68 bits per heavy atom. The third kappa shape index (κ3) is 4.64. The summed E-state index contributed by atoms with van der Waals surface area (Å²) in [6, 6.07) is 1.83. The average Bonchev–Trinajstić information content (AvgIpc) is 2.39. The molecule has 0 atom stereocenters. The Labute approximate surface area is 121 Å². The first kappa shape index (κ1) is 14.6. The third-order valence-electron chi connectivity index (χ3n) is 3.71. The molecule has 4 heteroatoms. The number of anilines is 1. The summed E-state index contributed by atoms with van der Waals surface area (Å²) in [6.07, 6.45) is 7.46. The predicted molar refractivity (Wildman–Crippen MR) is 80.8 cm³/mol. The van der Waals surface area contributed by atoms with Crippen LogP contribution in [-0.4, -0.2) is 16.5 Å². The van der Waals surface area contributed by atoms with Crippen molar-refractivity contribution in [2.45, 2.75) is 58.3 Å². The molecule has 0 saturated heterocycles. The van der Waals surface area contributed by atoms with Crippen molar-refractivity contribution in [1.82, 2.24) is 9.97 Å². The van der Waals surface area contributed by atoms with Crippen molar-refractivity contribution in [1.29, 1.82) is 0 Å². The average molecular weight is 282 g/mol. The van der Waals surface area contributed by atoms with Crippen LogP contribution in [0, 0.1) is 5.92 Å². The minimum Gasteiger partial charge on any atom is -0.370 e. The quantitative estimate of drug-likeness (QED) is 0.799. The molecule has 1 heterocycles. The van der Waals surface area contributed by atoms with Crippen LogP contribution in [0.15, 0.2) is 6.07 Å². The first-order valence-electron chi connectivity index (χ1n) is 7.43. The van der Waals surface area contributed by atoms with Gasteiger partial charge in [0.05, 0.1) is 0 Å². The topological polar surface area (TPSA) is 37.8 Å². The zero-order valence-electron chi connectivity index (χ0n) is 12.0. The molecule has 1 aromatic heterocycles. The molecule has 0 bridgehead atoms. The summed E-state index contributed by atoms with van der Waals surface area (Å²) in [4.78, 5) is 9.06. The number of halogens is 1. The standard InChI is InChI=1S/C15H24ClN3/c1-11(2)8-9-17-14-10-13(16)18-15(19-14)12-6-4-3-5-7-12/h10-12H,3-9H2,1-2H3,(H,17,18,19). The normalized spacial score (nSPS) is 16.8. The van der Waals surface area contributed by atoms with E-state index in [1.54, 1.807) is 0 Å². The summed E-state index contributed by atoms with van der Waals surface area (Å²) in [7, 11) is 0. The van der Waals surface area contributed by atoms with Gasteiger partial charge in [-0.05, 0) is 25.2 Å². The van der Waals surface area contributed by atoms with Gasteiger partial charge in [0.2, 0.25) is 0 Å². The molecule has 1 fully saturated rings. The summed E-state index contributed by atoms with van der Waals surface area (Å²) >= 11 is 6.12. The van der Waals surface area contributed by atoms with Crippen LogP contribution < -0.4 is 5.32 Å². The Morgan fingerprint density at radius 1 is 1.26 bits per heavy atom. The monoisotopic (exact) mass is 281 g/mol. The highest BCUT2D eigenvalue weighted by Crippen LogP contribution is 2.31. The van der Waals surface area contributed by atoms with E-state index >= 15 is 0 Å². The molecule has 0 amide bonds. The molecule has 3 nitrogen and oxygen atoms in total. The van der Waals surface area contributed by atoms with E-state index in [0.29, 0.717) is 17.0 Å². The van der Waals surface area contributed by atoms with Gasteiger partial charge < -0.3 is 5.32 Å². The van der Waals surface area contributed by atoms with E-state index in [1.807, 2.05) is 6.07 Å². The maximum atomic E-state index is 6.12. The van der Waals surface area contributed by atoms with Crippen LogP contribution in [-0.2, 0) is 0 Å². The highest BCUT2D eigenvalue weighted by Gasteiger charge is 2.19. The first-order chi connectivity index (χ1) is 9.15. The van der Waals surface area contributed by atoms with Crippen molar-refractivity contribution in [3.05, 3.63) is 17.0 Å². The maximum absolute atomic E-state index is 6.12. The zero-order chi connectivity index (χ0) is 13.7. The van der Waals surface area contributed by atoms with Crippen molar-refractivity contribution in [2.24, 2.45) is 5.92 Å². The number of nitrogens with zero attached hydrogens (tertiary/aromatic N) is 2. The van der Waals surface area contributed by atoms with Crippen LogP contribution in [0.4, 0.5) is 5.82 Å². The van der Waals surface area contributed by atoms with Gasteiger partial charge in [0, 0.05) is 18.5 Å². The first-order valence-corrected chi connectivity index (χ1v) is 7.81. The largest absolute Gasteiger partial charge is 0.370 e. The van der Waals surface area contributed by atoms with Gasteiger partial charge >= 0.3 is 0 Å². The molecule has 0 aromatic carbocycles. The van der Waals surface area contributed by atoms with Gasteiger partial charge in [0.1, 0.15) is 16.8 Å². The Hall–Kier alpha value is -0.830. The van der Waals surface area contributed by atoms with Crippen molar-refractivity contribution >= 4 is 17.4 Å². The van der Waals surface area contributed by atoms with Gasteiger partial charge in [0.15, 0.2) is 0 Å². The lowest BCUT2D eigenvalue weighted by molar-refractivity contribution is 0.429. The van der Waals surface area contributed by atoms with Crippen molar-refractivity contribution < 1.29 is 0 Å². The fourth-order valence-corrected chi connectivity index (χ4v) is 2.75. The number of rotatable bonds is 5. The van der Waals surface area contributed by atoms with E-state index in [-0.39, 0.29) is 0 Å². The van der Waals surface area contributed by atoms with Crippen LogP contribution in [0.3, 0.4) is 0 Å². The molecule has 0 aliphatic heterocycles. The summed E-state index contributed by atoms with van der Waals surface area (Å²) in [6.45, 7) is 5.39. The van der Waals surface area contributed by atoms with Crippen LogP contribution in [0.1, 0.15) is 64.1 Å². The summed E-state index contributed by atoms with van der Waals surface area (Å²) in [5, 5.41) is 3.92. The van der Waals surface area contributed by atoms with E-state index in [9.17, 15) is 0 Å². The smallest absolute Gasteiger partial charge is 0.135 e. The molecule has 0 radical (unpaired) electrons. The molecule has 1 saturated carbocycles. The minimum absolute atomic E-state index is 0.498. The molecule has 1 aliphatic rings. The van der Waals surface area contributed by atoms with Gasteiger partial charge in [0.25, 0.3) is 0 Å². The van der Waals surface area contributed by atoms with Gasteiger partial charge in [-0.1, -0.05) is 44.7 Å². The second kappa shape index (κ2) is 7.09. The Morgan fingerprint density at radius 2 is 2.00 bits per heavy atom. The van der Waals surface area contributed by atoms with Crippen LogP contribution in [0.25, 0.3) is 0 Å². The maximum Gasteiger partial charge on any atom is 0.135 e. The van der Waals surface area contributed by atoms with E-state index < -0.39 is 0 Å². The molecular weight excluding hydrogens is 258 g/mol.